The van der Waals surface area contributed by atoms with Gasteiger partial charge >= 0.3 is 0 Å². The molecule has 1 saturated carbocycles. The van der Waals surface area contributed by atoms with Crippen LogP contribution in [0.5, 0.6) is 0 Å². The lowest BCUT2D eigenvalue weighted by atomic mass is 9.83. The van der Waals surface area contributed by atoms with Crippen LogP contribution in [0.15, 0.2) is 4.99 Å². The molecular weight excluding hydrogens is 340 g/mol. The highest BCUT2D eigenvalue weighted by Gasteiger charge is 2.33. The minimum absolute atomic E-state index is 0.258. The Morgan fingerprint density at radius 2 is 2.00 bits per heavy atom. The third kappa shape index (κ3) is 6.98. The van der Waals surface area contributed by atoms with Gasteiger partial charge in [-0.3, -0.25) is 9.79 Å². The van der Waals surface area contributed by atoms with Crippen molar-refractivity contribution in [2.75, 3.05) is 39.9 Å². The molecule has 0 aromatic carbocycles. The van der Waals surface area contributed by atoms with Crippen LogP contribution in [0.2, 0.25) is 0 Å². The molecule has 1 aliphatic heterocycles. The summed E-state index contributed by atoms with van der Waals surface area (Å²) in [6, 6.07) is 0.385. The zero-order chi connectivity index (χ0) is 19.5. The largest absolute Gasteiger partial charge is 0.382 e. The van der Waals surface area contributed by atoms with Crippen molar-refractivity contribution in [3.63, 3.8) is 0 Å². The van der Waals surface area contributed by atoms with Crippen LogP contribution < -0.4 is 10.6 Å². The maximum Gasteiger partial charge on any atom is 0.224 e. The summed E-state index contributed by atoms with van der Waals surface area (Å²) in [4.78, 5) is 18.8. The maximum atomic E-state index is 12.5. The van der Waals surface area contributed by atoms with E-state index in [0.29, 0.717) is 24.4 Å². The molecule has 1 atom stereocenters. The van der Waals surface area contributed by atoms with Gasteiger partial charge in [0.25, 0.3) is 0 Å². The summed E-state index contributed by atoms with van der Waals surface area (Å²) in [5.74, 6) is 1.06. The highest BCUT2D eigenvalue weighted by Crippen LogP contribution is 2.40. The number of carbonyl (C=O) groups excluding carboxylic acids is 1. The Kier molecular flexibility index (Phi) is 9.39. The molecular formula is C21H40N4O2. The average Bonchev–Trinajstić information content (AvgIpc) is 3.14. The Morgan fingerprint density at radius 3 is 2.67 bits per heavy atom. The predicted octanol–water partition coefficient (Wildman–Crippen LogP) is 2.93. The zero-order valence-corrected chi connectivity index (χ0v) is 17.7. The average molecular weight is 381 g/mol. The molecule has 1 heterocycles. The van der Waals surface area contributed by atoms with E-state index >= 15 is 0 Å². The number of nitrogens with zero attached hydrogens (tertiary/aromatic N) is 2. The van der Waals surface area contributed by atoms with E-state index < -0.39 is 0 Å². The Balaban J connectivity index is 1.72. The molecule has 27 heavy (non-hydrogen) atoms. The van der Waals surface area contributed by atoms with E-state index in [-0.39, 0.29) is 5.91 Å². The van der Waals surface area contributed by atoms with Gasteiger partial charge in [0.05, 0.1) is 0 Å². The SMILES string of the molecule is CCOCCC1(CNC(=NC)NCCC(=O)N2CCCCC2C)CCCC1. The van der Waals surface area contributed by atoms with Crippen molar-refractivity contribution in [1.29, 1.82) is 0 Å². The van der Waals surface area contributed by atoms with Crippen LogP contribution in [0.3, 0.4) is 0 Å². The first-order valence-electron chi connectivity index (χ1n) is 10.9. The van der Waals surface area contributed by atoms with Gasteiger partial charge in [-0.1, -0.05) is 12.8 Å². The molecule has 1 amide bonds. The fourth-order valence-corrected chi connectivity index (χ4v) is 4.47. The van der Waals surface area contributed by atoms with Crippen molar-refractivity contribution in [2.45, 2.75) is 77.7 Å². The van der Waals surface area contributed by atoms with Gasteiger partial charge in [-0.25, -0.2) is 0 Å². The molecule has 6 heteroatoms. The minimum Gasteiger partial charge on any atom is -0.382 e. The van der Waals surface area contributed by atoms with Crippen molar-refractivity contribution in [2.24, 2.45) is 10.4 Å². The molecule has 0 spiro atoms. The van der Waals surface area contributed by atoms with Gasteiger partial charge in [-0.2, -0.15) is 0 Å². The topological polar surface area (TPSA) is 66.0 Å². The van der Waals surface area contributed by atoms with Crippen molar-refractivity contribution in [3.8, 4) is 0 Å². The summed E-state index contributed by atoms with van der Waals surface area (Å²) in [5, 5.41) is 6.82. The van der Waals surface area contributed by atoms with E-state index in [1.807, 2.05) is 4.90 Å². The van der Waals surface area contributed by atoms with Gasteiger partial charge in [-0.05, 0) is 57.8 Å². The van der Waals surface area contributed by atoms with Gasteiger partial charge < -0.3 is 20.3 Å². The summed E-state index contributed by atoms with van der Waals surface area (Å²) in [6.45, 7) is 8.31. The third-order valence-corrected chi connectivity index (χ3v) is 6.25. The lowest BCUT2D eigenvalue weighted by molar-refractivity contribution is -0.134. The van der Waals surface area contributed by atoms with Crippen LogP contribution in [0.4, 0.5) is 0 Å². The number of ether oxygens (including phenoxy) is 1. The Bertz CT molecular complexity index is 475. The number of carbonyl (C=O) groups is 1. The second-order valence-electron chi connectivity index (χ2n) is 8.19. The highest BCUT2D eigenvalue weighted by atomic mass is 16.5. The molecule has 1 saturated heterocycles. The number of aliphatic imine (C=N–C) groups is 1. The summed E-state index contributed by atoms with van der Waals surface area (Å²) in [5.41, 5.74) is 0.325. The molecule has 2 fully saturated rings. The standard InChI is InChI=1S/C21H40N4O2/c1-4-27-16-13-21(11-6-7-12-21)17-24-20(22-3)23-14-10-19(26)25-15-8-5-9-18(25)2/h18H,4-17H2,1-3H3,(H2,22,23,24). The van der Waals surface area contributed by atoms with Crippen LogP contribution in [-0.4, -0.2) is 62.7 Å². The van der Waals surface area contributed by atoms with Crippen molar-refractivity contribution < 1.29 is 9.53 Å². The molecule has 1 unspecified atom stereocenters. The van der Waals surface area contributed by atoms with Gasteiger partial charge in [0, 0.05) is 52.4 Å². The van der Waals surface area contributed by atoms with E-state index in [4.69, 9.17) is 4.74 Å². The van der Waals surface area contributed by atoms with Crippen LogP contribution >= 0.6 is 0 Å². The van der Waals surface area contributed by atoms with Gasteiger partial charge in [-0.15, -0.1) is 0 Å². The Morgan fingerprint density at radius 1 is 1.22 bits per heavy atom. The minimum atomic E-state index is 0.258. The molecule has 2 aliphatic rings. The first-order valence-corrected chi connectivity index (χ1v) is 10.9. The smallest absolute Gasteiger partial charge is 0.224 e. The number of hydrogen-bond donors (Lipinski definition) is 2. The molecule has 2 N–H and O–H groups in total. The summed E-state index contributed by atoms with van der Waals surface area (Å²) < 4.78 is 5.60. The van der Waals surface area contributed by atoms with E-state index in [1.165, 1.54) is 32.1 Å². The summed E-state index contributed by atoms with van der Waals surface area (Å²) >= 11 is 0. The third-order valence-electron chi connectivity index (χ3n) is 6.25. The van der Waals surface area contributed by atoms with Crippen LogP contribution in [0.1, 0.15) is 71.6 Å². The Labute approximate surface area is 165 Å². The number of rotatable bonds is 9. The lowest BCUT2D eigenvalue weighted by Crippen LogP contribution is -2.46. The number of guanidine groups is 1. The van der Waals surface area contributed by atoms with Gasteiger partial charge in [0.1, 0.15) is 0 Å². The normalized spacial score (nSPS) is 22.7. The first kappa shape index (κ1) is 22.0. The van der Waals surface area contributed by atoms with Crippen molar-refractivity contribution >= 4 is 11.9 Å². The van der Waals surface area contributed by atoms with E-state index in [1.54, 1.807) is 7.05 Å². The molecule has 0 bridgehead atoms. The molecule has 1 aliphatic carbocycles. The van der Waals surface area contributed by atoms with Gasteiger partial charge in [0.15, 0.2) is 5.96 Å². The number of amides is 1. The molecule has 2 rings (SSSR count). The molecule has 0 radical (unpaired) electrons. The zero-order valence-electron chi connectivity index (χ0n) is 17.7. The summed E-state index contributed by atoms with van der Waals surface area (Å²) in [7, 11) is 1.80. The van der Waals surface area contributed by atoms with E-state index in [0.717, 1.165) is 51.5 Å². The van der Waals surface area contributed by atoms with Crippen LogP contribution in [0, 0.1) is 5.41 Å². The maximum absolute atomic E-state index is 12.5. The summed E-state index contributed by atoms with van der Waals surface area (Å²) in [6.07, 6.45) is 10.3. The molecule has 156 valence electrons. The fraction of sp³-hybridized carbons (Fsp3) is 0.905. The quantitative estimate of drug-likeness (QED) is 0.367. The van der Waals surface area contributed by atoms with Gasteiger partial charge in [0.2, 0.25) is 5.91 Å². The second kappa shape index (κ2) is 11.5. The number of nitrogens with one attached hydrogen (secondary N) is 2. The number of hydrogen-bond acceptors (Lipinski definition) is 3. The second-order valence-corrected chi connectivity index (χ2v) is 8.19. The first-order chi connectivity index (χ1) is 13.1. The Hall–Kier alpha value is -1.30. The number of likely N-dealkylation sites (tertiary alicyclic amines) is 1. The van der Waals surface area contributed by atoms with Crippen LogP contribution in [0.25, 0.3) is 0 Å². The molecule has 6 nitrogen and oxygen atoms in total. The van der Waals surface area contributed by atoms with E-state index in [2.05, 4.69) is 29.5 Å². The molecule has 0 aromatic heterocycles. The highest BCUT2D eigenvalue weighted by molar-refractivity contribution is 5.81. The predicted molar refractivity (Wildman–Crippen MR) is 111 cm³/mol. The van der Waals surface area contributed by atoms with Crippen molar-refractivity contribution in [3.05, 3.63) is 0 Å². The number of piperidine rings is 1. The monoisotopic (exact) mass is 380 g/mol. The van der Waals surface area contributed by atoms with Crippen molar-refractivity contribution in [1.82, 2.24) is 15.5 Å². The van der Waals surface area contributed by atoms with Crippen LogP contribution in [-0.2, 0) is 9.53 Å². The van der Waals surface area contributed by atoms with E-state index in [9.17, 15) is 4.79 Å². The lowest BCUT2D eigenvalue weighted by Gasteiger charge is -2.33. The fourth-order valence-electron chi connectivity index (χ4n) is 4.47. The molecule has 0 aromatic rings.